The summed E-state index contributed by atoms with van der Waals surface area (Å²) in [5.41, 5.74) is 2.21. The Morgan fingerprint density at radius 3 is 2.32 bits per heavy atom. The van der Waals surface area contributed by atoms with Gasteiger partial charge in [0.2, 0.25) is 5.91 Å². The van der Waals surface area contributed by atoms with Crippen LogP contribution < -0.4 is 0 Å². The minimum absolute atomic E-state index is 0.0516. The second-order valence-electron chi connectivity index (χ2n) is 5.73. The SMILES string of the molecule is CC(C)Cc1ccc(C(Cl)C(=O)N2CCCC2)cc1. The lowest BCUT2D eigenvalue weighted by molar-refractivity contribution is -0.129. The molecule has 0 radical (unpaired) electrons. The zero-order chi connectivity index (χ0) is 13.8. The largest absolute Gasteiger partial charge is 0.341 e. The number of hydrogen-bond donors (Lipinski definition) is 0. The van der Waals surface area contributed by atoms with Crippen LogP contribution in [0.25, 0.3) is 0 Å². The van der Waals surface area contributed by atoms with E-state index in [4.69, 9.17) is 11.6 Å². The van der Waals surface area contributed by atoms with E-state index in [0.29, 0.717) is 5.92 Å². The summed E-state index contributed by atoms with van der Waals surface area (Å²) in [7, 11) is 0. The van der Waals surface area contributed by atoms with E-state index in [-0.39, 0.29) is 5.91 Å². The van der Waals surface area contributed by atoms with Crippen molar-refractivity contribution in [1.29, 1.82) is 0 Å². The van der Waals surface area contributed by atoms with Crippen LogP contribution in [0.5, 0.6) is 0 Å². The number of halogens is 1. The highest BCUT2D eigenvalue weighted by atomic mass is 35.5. The first-order valence-electron chi connectivity index (χ1n) is 7.09. The molecule has 1 aliphatic heterocycles. The van der Waals surface area contributed by atoms with Crippen molar-refractivity contribution >= 4 is 17.5 Å². The van der Waals surface area contributed by atoms with Gasteiger partial charge in [-0.3, -0.25) is 4.79 Å². The number of benzene rings is 1. The van der Waals surface area contributed by atoms with Crippen LogP contribution >= 0.6 is 11.6 Å². The molecule has 0 spiro atoms. The molecule has 0 N–H and O–H groups in total. The highest BCUT2D eigenvalue weighted by Gasteiger charge is 2.25. The number of hydrogen-bond acceptors (Lipinski definition) is 1. The Morgan fingerprint density at radius 2 is 1.79 bits per heavy atom. The molecule has 1 aliphatic rings. The van der Waals surface area contributed by atoms with Gasteiger partial charge in [0.05, 0.1) is 0 Å². The Kier molecular flexibility index (Phi) is 4.87. The van der Waals surface area contributed by atoms with Crippen molar-refractivity contribution in [2.45, 2.75) is 38.5 Å². The van der Waals surface area contributed by atoms with Gasteiger partial charge in [0.15, 0.2) is 0 Å². The first kappa shape index (κ1) is 14.4. The van der Waals surface area contributed by atoms with Crippen LogP contribution in [0.2, 0.25) is 0 Å². The summed E-state index contributed by atoms with van der Waals surface area (Å²) in [6.07, 6.45) is 3.26. The maximum absolute atomic E-state index is 12.2. The zero-order valence-electron chi connectivity index (χ0n) is 11.7. The maximum atomic E-state index is 12.2. The summed E-state index contributed by atoms with van der Waals surface area (Å²) in [5, 5.41) is -0.536. The summed E-state index contributed by atoms with van der Waals surface area (Å²) >= 11 is 6.30. The Hall–Kier alpha value is -1.02. The monoisotopic (exact) mass is 279 g/mol. The Bertz CT molecular complexity index is 421. The first-order valence-corrected chi connectivity index (χ1v) is 7.53. The Balaban J connectivity index is 2.02. The van der Waals surface area contributed by atoms with Crippen molar-refractivity contribution in [1.82, 2.24) is 4.90 Å². The summed E-state index contributed by atoms with van der Waals surface area (Å²) in [6.45, 7) is 6.12. The summed E-state index contributed by atoms with van der Waals surface area (Å²) in [6, 6.07) is 8.15. The fourth-order valence-electron chi connectivity index (χ4n) is 2.53. The molecular formula is C16H22ClNO. The van der Waals surface area contributed by atoms with Gasteiger partial charge < -0.3 is 4.90 Å². The molecule has 1 aromatic carbocycles. The van der Waals surface area contributed by atoms with Crippen molar-refractivity contribution in [2.75, 3.05) is 13.1 Å². The molecule has 1 unspecified atom stereocenters. The van der Waals surface area contributed by atoms with Crippen molar-refractivity contribution in [3.8, 4) is 0 Å². The number of alkyl halides is 1. The highest BCUT2D eigenvalue weighted by Crippen LogP contribution is 2.25. The van der Waals surface area contributed by atoms with Gasteiger partial charge in [0.25, 0.3) is 0 Å². The molecule has 19 heavy (non-hydrogen) atoms. The predicted octanol–water partition coefficient (Wildman–Crippen LogP) is 3.79. The van der Waals surface area contributed by atoms with Crippen LogP contribution in [0.1, 0.15) is 43.2 Å². The van der Waals surface area contributed by atoms with E-state index in [0.717, 1.165) is 37.9 Å². The minimum Gasteiger partial charge on any atom is -0.341 e. The van der Waals surface area contributed by atoms with Crippen LogP contribution in [-0.2, 0) is 11.2 Å². The van der Waals surface area contributed by atoms with Crippen molar-refractivity contribution < 1.29 is 4.79 Å². The molecule has 1 aromatic rings. The second-order valence-corrected chi connectivity index (χ2v) is 6.17. The average molecular weight is 280 g/mol. The van der Waals surface area contributed by atoms with Gasteiger partial charge in [0, 0.05) is 13.1 Å². The van der Waals surface area contributed by atoms with Crippen LogP contribution in [0.15, 0.2) is 24.3 Å². The van der Waals surface area contributed by atoms with Gasteiger partial charge in [-0.25, -0.2) is 0 Å². The van der Waals surface area contributed by atoms with Gasteiger partial charge in [-0.2, -0.15) is 0 Å². The van der Waals surface area contributed by atoms with E-state index in [1.165, 1.54) is 5.56 Å². The van der Waals surface area contributed by atoms with Gasteiger partial charge in [-0.15, -0.1) is 11.6 Å². The average Bonchev–Trinajstić information content (AvgIpc) is 2.91. The molecule has 0 aliphatic carbocycles. The lowest BCUT2D eigenvalue weighted by Crippen LogP contribution is -2.30. The van der Waals surface area contributed by atoms with E-state index in [1.54, 1.807) is 0 Å². The number of carbonyl (C=O) groups is 1. The number of amides is 1. The molecule has 1 atom stereocenters. The van der Waals surface area contributed by atoms with Crippen LogP contribution in [0.3, 0.4) is 0 Å². The molecule has 1 amide bonds. The number of carbonyl (C=O) groups excluding carboxylic acids is 1. The first-order chi connectivity index (χ1) is 9.08. The van der Waals surface area contributed by atoms with Gasteiger partial charge >= 0.3 is 0 Å². The molecule has 1 heterocycles. The molecule has 104 valence electrons. The molecule has 2 rings (SSSR count). The Morgan fingerprint density at radius 1 is 1.21 bits per heavy atom. The third-order valence-electron chi connectivity index (χ3n) is 3.55. The molecule has 0 saturated carbocycles. The minimum atomic E-state index is -0.536. The predicted molar refractivity (Wildman–Crippen MR) is 79.4 cm³/mol. The molecule has 0 aromatic heterocycles. The van der Waals surface area contributed by atoms with E-state index < -0.39 is 5.38 Å². The van der Waals surface area contributed by atoms with Crippen LogP contribution in [0, 0.1) is 5.92 Å². The van der Waals surface area contributed by atoms with E-state index in [9.17, 15) is 4.79 Å². The lowest BCUT2D eigenvalue weighted by atomic mass is 10.0. The number of likely N-dealkylation sites (tertiary alicyclic amines) is 1. The Labute approximate surface area is 120 Å². The van der Waals surface area contributed by atoms with Gasteiger partial charge in [-0.05, 0) is 36.3 Å². The smallest absolute Gasteiger partial charge is 0.245 e. The van der Waals surface area contributed by atoms with Gasteiger partial charge in [-0.1, -0.05) is 38.1 Å². The van der Waals surface area contributed by atoms with Crippen molar-refractivity contribution in [2.24, 2.45) is 5.92 Å². The van der Waals surface area contributed by atoms with Crippen molar-refractivity contribution in [3.63, 3.8) is 0 Å². The molecule has 1 saturated heterocycles. The van der Waals surface area contributed by atoms with E-state index in [1.807, 2.05) is 17.0 Å². The van der Waals surface area contributed by atoms with E-state index >= 15 is 0 Å². The van der Waals surface area contributed by atoms with Crippen LogP contribution in [0.4, 0.5) is 0 Å². The maximum Gasteiger partial charge on any atom is 0.245 e. The zero-order valence-corrected chi connectivity index (χ0v) is 12.5. The topological polar surface area (TPSA) is 20.3 Å². The normalized spacial score (nSPS) is 16.9. The third kappa shape index (κ3) is 3.73. The summed E-state index contributed by atoms with van der Waals surface area (Å²) in [5.74, 6) is 0.694. The quantitative estimate of drug-likeness (QED) is 0.768. The van der Waals surface area contributed by atoms with Crippen LogP contribution in [-0.4, -0.2) is 23.9 Å². The fraction of sp³-hybridized carbons (Fsp3) is 0.562. The van der Waals surface area contributed by atoms with Gasteiger partial charge in [0.1, 0.15) is 5.38 Å². The second kappa shape index (κ2) is 6.42. The molecule has 1 fully saturated rings. The standard InChI is InChI=1S/C16H22ClNO/c1-12(2)11-13-5-7-14(8-6-13)15(17)16(19)18-9-3-4-10-18/h5-8,12,15H,3-4,9-11H2,1-2H3. The number of rotatable bonds is 4. The molecule has 0 bridgehead atoms. The molecule has 3 heteroatoms. The van der Waals surface area contributed by atoms with Crippen molar-refractivity contribution in [3.05, 3.63) is 35.4 Å². The highest BCUT2D eigenvalue weighted by molar-refractivity contribution is 6.30. The summed E-state index contributed by atoms with van der Waals surface area (Å²) < 4.78 is 0. The fourth-order valence-corrected chi connectivity index (χ4v) is 2.82. The van der Waals surface area contributed by atoms with E-state index in [2.05, 4.69) is 26.0 Å². The summed E-state index contributed by atoms with van der Waals surface area (Å²) in [4.78, 5) is 14.1. The number of nitrogens with zero attached hydrogens (tertiary/aromatic N) is 1. The molecular weight excluding hydrogens is 258 g/mol. The third-order valence-corrected chi connectivity index (χ3v) is 3.99. The lowest BCUT2D eigenvalue weighted by Gasteiger charge is -2.19. The molecule has 2 nitrogen and oxygen atoms in total.